The summed E-state index contributed by atoms with van der Waals surface area (Å²) < 4.78 is 0.641. The minimum Gasteiger partial charge on any atom is -0.383 e. The Balaban J connectivity index is 2.07. The van der Waals surface area contributed by atoms with Crippen LogP contribution in [0.3, 0.4) is 0 Å². The number of aryl methyl sites for hydroxylation is 1. The van der Waals surface area contributed by atoms with Gasteiger partial charge >= 0.3 is 0 Å². The molecule has 0 unspecified atom stereocenters. The molecular weight excluding hydrogens is 268 g/mol. The van der Waals surface area contributed by atoms with Crippen molar-refractivity contribution in [3.63, 3.8) is 0 Å². The van der Waals surface area contributed by atoms with Gasteiger partial charge < -0.3 is 5.73 Å². The molecule has 1 aliphatic rings. The summed E-state index contributed by atoms with van der Waals surface area (Å²) in [4.78, 5) is 13.2. The first kappa shape index (κ1) is 11.9. The molecule has 0 fully saturated rings. The number of hydrogen-bond donors (Lipinski definition) is 1. The van der Waals surface area contributed by atoms with Crippen LogP contribution in [0, 0.1) is 0 Å². The number of thiazole rings is 1. The van der Waals surface area contributed by atoms with Gasteiger partial charge in [-0.2, -0.15) is 0 Å². The van der Waals surface area contributed by atoms with Crippen LogP contribution in [0.5, 0.6) is 0 Å². The zero-order valence-electron chi connectivity index (χ0n) is 9.82. The molecule has 0 saturated heterocycles. The minimum atomic E-state index is 0.600. The molecule has 94 valence electrons. The molecular formula is C12H13ClN4S. The highest BCUT2D eigenvalue weighted by molar-refractivity contribution is 7.18. The van der Waals surface area contributed by atoms with Gasteiger partial charge in [-0.1, -0.05) is 29.4 Å². The largest absolute Gasteiger partial charge is 0.383 e. The first-order chi connectivity index (χ1) is 8.74. The van der Waals surface area contributed by atoms with Crippen LogP contribution in [-0.2, 0) is 12.8 Å². The molecule has 18 heavy (non-hydrogen) atoms. The molecule has 0 radical (unpaired) electrons. The summed E-state index contributed by atoms with van der Waals surface area (Å²) >= 11 is 7.27. The van der Waals surface area contributed by atoms with Crippen LogP contribution in [0.15, 0.2) is 6.20 Å². The number of aromatic nitrogens is 3. The Hall–Kier alpha value is -1.20. The van der Waals surface area contributed by atoms with Gasteiger partial charge in [0.15, 0.2) is 10.8 Å². The highest BCUT2D eigenvalue weighted by Crippen LogP contribution is 2.29. The fourth-order valence-electron chi connectivity index (χ4n) is 2.25. The molecule has 2 N–H and O–H groups in total. The lowest BCUT2D eigenvalue weighted by Gasteiger charge is -2.08. The number of rotatable bonds is 1. The molecule has 0 bridgehead atoms. The van der Waals surface area contributed by atoms with Crippen molar-refractivity contribution in [2.45, 2.75) is 32.1 Å². The van der Waals surface area contributed by atoms with Crippen molar-refractivity contribution in [3.8, 4) is 10.8 Å². The van der Waals surface area contributed by atoms with Gasteiger partial charge in [-0.3, -0.25) is 0 Å². The molecule has 0 saturated carbocycles. The second-order valence-corrected chi connectivity index (χ2v) is 6.05. The number of nitrogen functional groups attached to an aromatic ring is 1. The maximum absolute atomic E-state index is 6.05. The summed E-state index contributed by atoms with van der Waals surface area (Å²) in [5.41, 5.74) is 8.26. The van der Waals surface area contributed by atoms with Crippen LogP contribution in [0.25, 0.3) is 10.8 Å². The van der Waals surface area contributed by atoms with Crippen molar-refractivity contribution >= 4 is 28.8 Å². The maximum Gasteiger partial charge on any atom is 0.190 e. The van der Waals surface area contributed by atoms with E-state index >= 15 is 0 Å². The molecule has 1 aliphatic carbocycles. The molecule has 6 heteroatoms. The van der Waals surface area contributed by atoms with Gasteiger partial charge in [0, 0.05) is 11.3 Å². The Morgan fingerprint density at radius 2 is 2.00 bits per heavy atom. The Kier molecular flexibility index (Phi) is 3.18. The highest BCUT2D eigenvalue weighted by atomic mass is 35.5. The third-order valence-electron chi connectivity index (χ3n) is 3.13. The Morgan fingerprint density at radius 3 is 2.78 bits per heavy atom. The highest BCUT2D eigenvalue weighted by Gasteiger charge is 2.17. The SMILES string of the molecule is Nc1nc(-c2ncc(Cl)s2)nc2c1CCCCC2. The van der Waals surface area contributed by atoms with Crippen LogP contribution in [0.4, 0.5) is 5.82 Å². The third kappa shape index (κ3) is 2.20. The predicted octanol–water partition coefficient (Wildman–Crippen LogP) is 3.10. The molecule has 2 heterocycles. The van der Waals surface area contributed by atoms with E-state index in [4.69, 9.17) is 17.3 Å². The number of anilines is 1. The summed E-state index contributed by atoms with van der Waals surface area (Å²) in [5.74, 6) is 1.20. The van der Waals surface area contributed by atoms with E-state index in [0.717, 1.165) is 29.1 Å². The minimum absolute atomic E-state index is 0.600. The van der Waals surface area contributed by atoms with Crippen LogP contribution < -0.4 is 5.73 Å². The second-order valence-electron chi connectivity index (χ2n) is 4.39. The third-order valence-corrected chi connectivity index (χ3v) is 4.24. The van der Waals surface area contributed by atoms with Crippen molar-refractivity contribution in [1.82, 2.24) is 15.0 Å². The molecule has 0 spiro atoms. The average Bonchev–Trinajstić information content (AvgIpc) is 2.63. The van der Waals surface area contributed by atoms with E-state index in [0.29, 0.717) is 16.0 Å². The van der Waals surface area contributed by atoms with Crippen LogP contribution in [0.1, 0.15) is 30.5 Å². The van der Waals surface area contributed by atoms with E-state index in [1.165, 1.54) is 30.6 Å². The Bertz CT molecular complexity index is 581. The molecule has 0 aliphatic heterocycles. The zero-order valence-corrected chi connectivity index (χ0v) is 11.4. The molecule has 4 nitrogen and oxygen atoms in total. The van der Waals surface area contributed by atoms with Gasteiger partial charge in [-0.15, -0.1) is 0 Å². The predicted molar refractivity (Wildman–Crippen MR) is 73.8 cm³/mol. The van der Waals surface area contributed by atoms with E-state index in [1.807, 2.05) is 0 Å². The van der Waals surface area contributed by atoms with E-state index in [9.17, 15) is 0 Å². The Morgan fingerprint density at radius 1 is 1.17 bits per heavy atom. The summed E-state index contributed by atoms with van der Waals surface area (Å²) in [6, 6.07) is 0. The molecule has 3 rings (SSSR count). The first-order valence-electron chi connectivity index (χ1n) is 6.01. The standard InChI is InChI=1S/C12H13ClN4S/c13-9-6-15-12(18-9)11-16-8-5-3-1-2-4-7(8)10(14)17-11/h6H,1-5H2,(H2,14,16,17). The summed E-state index contributed by atoms with van der Waals surface area (Å²) in [5, 5.41) is 0.735. The van der Waals surface area contributed by atoms with Gasteiger partial charge in [-0.25, -0.2) is 15.0 Å². The normalized spacial score (nSPS) is 15.2. The zero-order chi connectivity index (χ0) is 12.5. The second kappa shape index (κ2) is 4.82. The van der Waals surface area contributed by atoms with Crippen LogP contribution in [0.2, 0.25) is 4.34 Å². The van der Waals surface area contributed by atoms with Crippen molar-refractivity contribution in [2.24, 2.45) is 0 Å². The van der Waals surface area contributed by atoms with Gasteiger partial charge in [0.2, 0.25) is 0 Å². The van der Waals surface area contributed by atoms with Crippen molar-refractivity contribution in [2.75, 3.05) is 5.73 Å². The van der Waals surface area contributed by atoms with Crippen molar-refractivity contribution < 1.29 is 0 Å². The lowest BCUT2D eigenvalue weighted by atomic mass is 10.1. The number of nitrogens with zero attached hydrogens (tertiary/aromatic N) is 3. The number of nitrogens with two attached hydrogens (primary N) is 1. The van der Waals surface area contributed by atoms with Crippen molar-refractivity contribution in [3.05, 3.63) is 21.8 Å². The molecule has 0 aromatic carbocycles. The smallest absolute Gasteiger partial charge is 0.190 e. The summed E-state index contributed by atoms with van der Waals surface area (Å²) in [7, 11) is 0. The maximum atomic E-state index is 6.05. The Labute approximate surface area is 114 Å². The summed E-state index contributed by atoms with van der Waals surface area (Å²) in [6.45, 7) is 0. The van der Waals surface area contributed by atoms with Crippen molar-refractivity contribution in [1.29, 1.82) is 0 Å². The fraction of sp³-hybridized carbons (Fsp3) is 0.417. The summed E-state index contributed by atoms with van der Waals surface area (Å²) in [6.07, 6.45) is 7.15. The average molecular weight is 281 g/mol. The number of hydrogen-bond acceptors (Lipinski definition) is 5. The first-order valence-corrected chi connectivity index (χ1v) is 7.20. The van der Waals surface area contributed by atoms with E-state index in [2.05, 4.69) is 15.0 Å². The van der Waals surface area contributed by atoms with Crippen LogP contribution >= 0.6 is 22.9 Å². The molecule has 2 aromatic rings. The molecule has 0 atom stereocenters. The lowest BCUT2D eigenvalue weighted by molar-refractivity contribution is 0.709. The quantitative estimate of drug-likeness (QED) is 0.815. The van der Waals surface area contributed by atoms with E-state index in [1.54, 1.807) is 6.20 Å². The number of halogens is 1. The van der Waals surface area contributed by atoms with Gasteiger partial charge in [0.05, 0.1) is 6.20 Å². The topological polar surface area (TPSA) is 64.7 Å². The molecule has 0 amide bonds. The van der Waals surface area contributed by atoms with E-state index in [-0.39, 0.29) is 0 Å². The van der Waals surface area contributed by atoms with Gasteiger partial charge in [0.1, 0.15) is 10.2 Å². The molecule has 2 aromatic heterocycles. The monoisotopic (exact) mass is 280 g/mol. The van der Waals surface area contributed by atoms with Gasteiger partial charge in [0.25, 0.3) is 0 Å². The number of fused-ring (bicyclic) bond motifs is 1. The van der Waals surface area contributed by atoms with Crippen LogP contribution in [-0.4, -0.2) is 15.0 Å². The fourth-order valence-corrected chi connectivity index (χ4v) is 3.10. The lowest BCUT2D eigenvalue weighted by Crippen LogP contribution is -2.06. The van der Waals surface area contributed by atoms with E-state index < -0.39 is 0 Å². The van der Waals surface area contributed by atoms with Gasteiger partial charge in [-0.05, 0) is 25.7 Å².